The molecule has 0 amide bonds. The lowest BCUT2D eigenvalue weighted by Crippen LogP contribution is -2.09. The Labute approximate surface area is 146 Å². The minimum Gasteiger partial charge on any atom is -0.486 e. The third-order valence-electron chi connectivity index (χ3n) is 3.77. The molecule has 24 heavy (non-hydrogen) atoms. The van der Waals surface area contributed by atoms with E-state index in [9.17, 15) is 0 Å². The highest BCUT2D eigenvalue weighted by Crippen LogP contribution is 2.17. The van der Waals surface area contributed by atoms with E-state index in [1.807, 2.05) is 40.5 Å². The summed E-state index contributed by atoms with van der Waals surface area (Å²) in [6.07, 6.45) is 1.81. The number of hydrogen-bond acceptors (Lipinski definition) is 5. The summed E-state index contributed by atoms with van der Waals surface area (Å²) >= 11 is 1.70. The van der Waals surface area contributed by atoms with Crippen LogP contribution in [0.1, 0.15) is 42.1 Å². The molecule has 0 aliphatic rings. The Morgan fingerprint density at radius 3 is 2.62 bits per heavy atom. The fraction of sp³-hybridized carbons (Fsp3) is 0.389. The Bertz CT molecular complexity index is 779. The number of thiazole rings is 1. The lowest BCUT2D eigenvalue weighted by molar-refractivity contribution is 0.294. The molecule has 5 nitrogen and oxygen atoms in total. The third kappa shape index (κ3) is 4.00. The normalized spacial score (nSPS) is 11.2. The predicted molar refractivity (Wildman–Crippen MR) is 95.4 cm³/mol. The molecule has 0 aliphatic heterocycles. The summed E-state index contributed by atoms with van der Waals surface area (Å²) in [6.45, 7) is 6.68. The highest BCUT2D eigenvalue weighted by atomic mass is 32.1. The maximum absolute atomic E-state index is 5.76. The molecule has 126 valence electrons. The van der Waals surface area contributed by atoms with Gasteiger partial charge < -0.3 is 4.74 Å². The number of para-hydroxylation sites is 1. The summed E-state index contributed by atoms with van der Waals surface area (Å²) in [5.74, 6) is 2.56. The molecule has 2 aromatic heterocycles. The summed E-state index contributed by atoms with van der Waals surface area (Å²) in [6, 6.07) is 10.0. The first-order valence-corrected chi connectivity index (χ1v) is 9.02. The van der Waals surface area contributed by atoms with Gasteiger partial charge in [0.25, 0.3) is 0 Å². The van der Waals surface area contributed by atoms with Crippen LogP contribution in [-0.2, 0) is 19.4 Å². The van der Waals surface area contributed by atoms with Gasteiger partial charge in [-0.25, -0.2) is 14.6 Å². The van der Waals surface area contributed by atoms with Crippen LogP contribution in [0, 0.1) is 6.92 Å². The Hall–Kier alpha value is -2.21. The van der Waals surface area contributed by atoms with E-state index >= 15 is 0 Å². The van der Waals surface area contributed by atoms with Crippen LogP contribution in [0.3, 0.4) is 0 Å². The lowest BCUT2D eigenvalue weighted by Gasteiger charge is -2.08. The average Bonchev–Trinajstić information content (AvgIpc) is 3.18. The van der Waals surface area contributed by atoms with Gasteiger partial charge in [0, 0.05) is 17.3 Å². The highest BCUT2D eigenvalue weighted by molar-refractivity contribution is 7.09. The topological polar surface area (TPSA) is 52.8 Å². The fourth-order valence-corrected chi connectivity index (χ4v) is 3.29. The van der Waals surface area contributed by atoms with E-state index in [0.29, 0.717) is 6.61 Å². The second-order valence-electron chi connectivity index (χ2n) is 5.95. The molecular formula is C18H22N4OS. The molecule has 6 heteroatoms. The molecule has 0 aliphatic carbocycles. The predicted octanol–water partition coefficient (Wildman–Crippen LogP) is 3.99. The van der Waals surface area contributed by atoms with Crippen molar-refractivity contribution in [2.45, 2.75) is 46.3 Å². The van der Waals surface area contributed by atoms with Gasteiger partial charge in [-0.1, -0.05) is 18.2 Å². The molecular weight excluding hydrogens is 320 g/mol. The number of ether oxygens (including phenoxy) is 1. The zero-order valence-electron chi connectivity index (χ0n) is 14.3. The number of benzene rings is 1. The molecule has 0 fully saturated rings. The maximum atomic E-state index is 5.76. The van der Waals surface area contributed by atoms with Gasteiger partial charge in [0.2, 0.25) is 0 Å². The van der Waals surface area contributed by atoms with Gasteiger partial charge in [-0.05, 0) is 39.3 Å². The monoisotopic (exact) mass is 342 g/mol. The summed E-state index contributed by atoms with van der Waals surface area (Å²) in [5, 5.41) is 4.62. The first-order chi connectivity index (χ1) is 11.6. The Kier molecular flexibility index (Phi) is 5.25. The molecule has 0 unspecified atom stereocenters. The van der Waals surface area contributed by atoms with Crippen LogP contribution in [0.5, 0.6) is 5.75 Å². The molecule has 0 radical (unpaired) electrons. The van der Waals surface area contributed by atoms with E-state index in [-0.39, 0.29) is 6.04 Å². The molecule has 3 rings (SSSR count). The SMILES string of the molecule is Cc1ncsc1CCc1nc(COc2ccccc2)nn1C(C)C. The van der Waals surface area contributed by atoms with E-state index < -0.39 is 0 Å². The van der Waals surface area contributed by atoms with Gasteiger partial charge in [-0.3, -0.25) is 0 Å². The molecule has 0 saturated carbocycles. The van der Waals surface area contributed by atoms with Gasteiger partial charge >= 0.3 is 0 Å². The second-order valence-corrected chi connectivity index (χ2v) is 6.88. The van der Waals surface area contributed by atoms with Crippen LogP contribution in [0.2, 0.25) is 0 Å². The summed E-state index contributed by atoms with van der Waals surface area (Å²) < 4.78 is 7.76. The first kappa shape index (κ1) is 16.6. The van der Waals surface area contributed by atoms with Gasteiger partial charge in [0.15, 0.2) is 5.82 Å². The zero-order chi connectivity index (χ0) is 16.9. The van der Waals surface area contributed by atoms with Crippen LogP contribution in [0.25, 0.3) is 0 Å². The minimum absolute atomic E-state index is 0.278. The molecule has 1 aromatic carbocycles. The largest absolute Gasteiger partial charge is 0.486 e. The van der Waals surface area contributed by atoms with Crippen molar-refractivity contribution in [3.63, 3.8) is 0 Å². The maximum Gasteiger partial charge on any atom is 0.188 e. The molecule has 0 atom stereocenters. The van der Waals surface area contributed by atoms with Crippen LogP contribution >= 0.6 is 11.3 Å². The second kappa shape index (κ2) is 7.57. The number of nitrogens with zero attached hydrogens (tertiary/aromatic N) is 4. The number of aryl methyl sites for hydroxylation is 3. The van der Waals surface area contributed by atoms with Crippen molar-refractivity contribution >= 4 is 11.3 Å². The minimum atomic E-state index is 0.278. The smallest absolute Gasteiger partial charge is 0.188 e. The first-order valence-electron chi connectivity index (χ1n) is 8.14. The van der Waals surface area contributed by atoms with E-state index in [0.717, 1.165) is 35.9 Å². The Morgan fingerprint density at radius 2 is 1.96 bits per heavy atom. The van der Waals surface area contributed by atoms with Crippen molar-refractivity contribution in [2.75, 3.05) is 0 Å². The van der Waals surface area contributed by atoms with Crippen molar-refractivity contribution in [3.05, 3.63) is 58.1 Å². The molecule has 3 aromatic rings. The van der Waals surface area contributed by atoms with E-state index in [4.69, 9.17) is 4.74 Å². The van der Waals surface area contributed by atoms with E-state index in [1.54, 1.807) is 11.3 Å². The van der Waals surface area contributed by atoms with E-state index in [1.165, 1.54) is 4.88 Å². The number of aromatic nitrogens is 4. The van der Waals surface area contributed by atoms with Gasteiger partial charge in [-0.2, -0.15) is 5.10 Å². The van der Waals surface area contributed by atoms with Crippen molar-refractivity contribution in [1.29, 1.82) is 0 Å². The van der Waals surface area contributed by atoms with Crippen molar-refractivity contribution in [2.24, 2.45) is 0 Å². The molecule has 0 bridgehead atoms. The van der Waals surface area contributed by atoms with Crippen LogP contribution < -0.4 is 4.74 Å². The molecule has 2 heterocycles. The summed E-state index contributed by atoms with van der Waals surface area (Å²) in [7, 11) is 0. The van der Waals surface area contributed by atoms with Gasteiger partial charge in [0.05, 0.1) is 11.2 Å². The quantitative estimate of drug-likeness (QED) is 0.651. The summed E-state index contributed by atoms with van der Waals surface area (Å²) in [4.78, 5) is 10.3. The summed E-state index contributed by atoms with van der Waals surface area (Å²) in [5.41, 5.74) is 3.01. The molecule has 0 spiro atoms. The Morgan fingerprint density at radius 1 is 1.17 bits per heavy atom. The van der Waals surface area contributed by atoms with Crippen molar-refractivity contribution in [3.8, 4) is 5.75 Å². The Balaban J connectivity index is 1.69. The number of hydrogen-bond donors (Lipinski definition) is 0. The van der Waals surface area contributed by atoms with Gasteiger partial charge in [0.1, 0.15) is 18.2 Å². The van der Waals surface area contributed by atoms with Crippen LogP contribution in [-0.4, -0.2) is 19.7 Å². The highest BCUT2D eigenvalue weighted by Gasteiger charge is 2.14. The molecule has 0 N–H and O–H groups in total. The lowest BCUT2D eigenvalue weighted by atomic mass is 10.2. The zero-order valence-corrected chi connectivity index (χ0v) is 15.1. The fourth-order valence-electron chi connectivity index (χ4n) is 2.51. The van der Waals surface area contributed by atoms with Crippen LogP contribution in [0.15, 0.2) is 35.8 Å². The van der Waals surface area contributed by atoms with Crippen LogP contribution in [0.4, 0.5) is 0 Å². The standard InChI is InChI=1S/C18H22N4OS/c1-13(2)22-18(10-9-16-14(3)19-12-24-16)20-17(21-22)11-23-15-7-5-4-6-8-15/h4-8,12-13H,9-11H2,1-3H3. The van der Waals surface area contributed by atoms with Crippen molar-refractivity contribution in [1.82, 2.24) is 19.7 Å². The van der Waals surface area contributed by atoms with E-state index in [2.05, 4.69) is 35.8 Å². The van der Waals surface area contributed by atoms with Crippen molar-refractivity contribution < 1.29 is 4.74 Å². The number of rotatable bonds is 7. The average molecular weight is 342 g/mol. The third-order valence-corrected chi connectivity index (χ3v) is 4.76. The van der Waals surface area contributed by atoms with Gasteiger partial charge in [-0.15, -0.1) is 11.3 Å². The molecule has 0 saturated heterocycles.